The summed E-state index contributed by atoms with van der Waals surface area (Å²) in [5.41, 5.74) is 1.65. The Balaban J connectivity index is 2.83. The second-order valence-corrected chi connectivity index (χ2v) is 6.13. The number of amides is 1. The molecule has 0 fully saturated rings. The highest BCUT2D eigenvalue weighted by Gasteiger charge is 2.19. The largest absolute Gasteiger partial charge is 0.481 e. The number of nitrogens with zero attached hydrogens (tertiary/aromatic N) is 1. The second-order valence-electron chi connectivity index (χ2n) is 6.13. The smallest absolute Gasteiger partial charge is 0.305 e. The quantitative estimate of drug-likeness (QED) is 0.843. The van der Waals surface area contributed by atoms with Crippen molar-refractivity contribution in [3.63, 3.8) is 0 Å². The average molecular weight is 292 g/mol. The topological polar surface area (TPSA) is 69.6 Å². The van der Waals surface area contributed by atoms with Gasteiger partial charge in [0.1, 0.15) is 0 Å². The highest BCUT2D eigenvalue weighted by atomic mass is 16.4. The summed E-state index contributed by atoms with van der Waals surface area (Å²) in [6.07, 6.45) is -0.0743. The number of benzene rings is 1. The number of carboxylic acid groups (broad SMARTS) is 1. The Morgan fingerprint density at radius 3 is 2.24 bits per heavy atom. The monoisotopic (exact) mass is 292 g/mol. The fourth-order valence-electron chi connectivity index (χ4n) is 1.77. The highest BCUT2D eigenvalue weighted by Crippen LogP contribution is 2.16. The van der Waals surface area contributed by atoms with E-state index in [4.69, 9.17) is 5.11 Å². The number of rotatable bonds is 6. The molecule has 1 aromatic rings. The lowest BCUT2D eigenvalue weighted by Gasteiger charge is -2.26. The molecule has 5 nitrogen and oxygen atoms in total. The van der Waals surface area contributed by atoms with E-state index >= 15 is 0 Å². The molecule has 2 N–H and O–H groups in total. The maximum absolute atomic E-state index is 12.4. The number of aryl methyl sites for hydroxylation is 1. The van der Waals surface area contributed by atoms with E-state index in [0.29, 0.717) is 0 Å². The van der Waals surface area contributed by atoms with Gasteiger partial charge in [-0.25, -0.2) is 0 Å². The zero-order chi connectivity index (χ0) is 16.0. The van der Waals surface area contributed by atoms with Gasteiger partial charge in [0, 0.05) is 17.8 Å². The predicted octanol–water partition coefficient (Wildman–Crippen LogP) is 2.19. The van der Waals surface area contributed by atoms with Crippen LogP contribution in [0.3, 0.4) is 0 Å². The molecule has 0 atom stereocenters. The lowest BCUT2D eigenvalue weighted by atomic mass is 10.1. The van der Waals surface area contributed by atoms with Crippen molar-refractivity contribution in [3.05, 3.63) is 29.8 Å². The van der Waals surface area contributed by atoms with Crippen molar-refractivity contribution in [3.8, 4) is 0 Å². The summed E-state index contributed by atoms with van der Waals surface area (Å²) < 4.78 is 0. The Morgan fingerprint density at radius 1 is 1.19 bits per heavy atom. The van der Waals surface area contributed by atoms with Crippen LogP contribution in [-0.4, -0.2) is 35.6 Å². The molecule has 0 saturated carbocycles. The standard InChI is InChI=1S/C16H24N2O3/c1-12-5-7-13(8-6-12)18(10-9-15(20)21)14(19)11-17-16(2,3)4/h5-8,17H,9-11H2,1-4H3,(H,20,21). The first-order valence-corrected chi connectivity index (χ1v) is 7.03. The van der Waals surface area contributed by atoms with Crippen molar-refractivity contribution in [2.75, 3.05) is 18.0 Å². The van der Waals surface area contributed by atoms with Gasteiger partial charge in [-0.1, -0.05) is 17.7 Å². The minimum absolute atomic E-state index is 0.0743. The molecule has 0 aromatic heterocycles. The van der Waals surface area contributed by atoms with E-state index in [0.717, 1.165) is 11.3 Å². The summed E-state index contributed by atoms with van der Waals surface area (Å²) in [4.78, 5) is 24.7. The van der Waals surface area contributed by atoms with Gasteiger partial charge in [-0.05, 0) is 39.8 Å². The van der Waals surface area contributed by atoms with Gasteiger partial charge in [-0.3, -0.25) is 9.59 Å². The van der Waals surface area contributed by atoms with Crippen LogP contribution in [0, 0.1) is 6.92 Å². The van der Waals surface area contributed by atoms with Gasteiger partial charge in [0.15, 0.2) is 0 Å². The van der Waals surface area contributed by atoms with Crippen LogP contribution in [0.5, 0.6) is 0 Å². The van der Waals surface area contributed by atoms with Crippen LogP contribution in [0.1, 0.15) is 32.8 Å². The second kappa shape index (κ2) is 7.22. The Hall–Kier alpha value is -1.88. The number of hydrogen-bond donors (Lipinski definition) is 2. The number of hydrogen-bond acceptors (Lipinski definition) is 3. The van der Waals surface area contributed by atoms with Gasteiger partial charge < -0.3 is 15.3 Å². The summed E-state index contributed by atoms with van der Waals surface area (Å²) >= 11 is 0. The zero-order valence-corrected chi connectivity index (χ0v) is 13.1. The lowest BCUT2D eigenvalue weighted by molar-refractivity contribution is -0.136. The Morgan fingerprint density at radius 2 is 1.76 bits per heavy atom. The number of aliphatic carboxylic acids is 1. The molecule has 0 heterocycles. The molecule has 0 bridgehead atoms. The van der Waals surface area contributed by atoms with Crippen molar-refractivity contribution >= 4 is 17.6 Å². The molecule has 0 aliphatic carbocycles. The lowest BCUT2D eigenvalue weighted by Crippen LogP contribution is -2.45. The Bertz CT molecular complexity index is 489. The fraction of sp³-hybridized carbons (Fsp3) is 0.500. The number of carboxylic acids is 1. The average Bonchev–Trinajstić information content (AvgIpc) is 2.37. The maximum Gasteiger partial charge on any atom is 0.305 e. The van der Waals surface area contributed by atoms with E-state index in [-0.39, 0.29) is 31.0 Å². The van der Waals surface area contributed by atoms with Gasteiger partial charge in [0.05, 0.1) is 13.0 Å². The predicted molar refractivity (Wildman–Crippen MR) is 83.5 cm³/mol. The molecule has 1 rings (SSSR count). The van der Waals surface area contributed by atoms with Crippen molar-refractivity contribution < 1.29 is 14.7 Å². The van der Waals surface area contributed by atoms with Crippen LogP contribution < -0.4 is 10.2 Å². The van der Waals surface area contributed by atoms with Crippen LogP contribution in [0.25, 0.3) is 0 Å². The molecule has 5 heteroatoms. The van der Waals surface area contributed by atoms with E-state index in [1.807, 2.05) is 52.0 Å². The Kier molecular flexibility index (Phi) is 5.90. The first-order valence-electron chi connectivity index (χ1n) is 7.03. The van der Waals surface area contributed by atoms with Crippen molar-refractivity contribution in [2.24, 2.45) is 0 Å². The number of nitrogens with one attached hydrogen (secondary N) is 1. The highest BCUT2D eigenvalue weighted by molar-refractivity contribution is 5.95. The molecular weight excluding hydrogens is 268 g/mol. The molecule has 0 spiro atoms. The SMILES string of the molecule is Cc1ccc(N(CCC(=O)O)C(=O)CNC(C)(C)C)cc1. The molecular formula is C16H24N2O3. The molecule has 0 unspecified atom stereocenters. The molecule has 1 aromatic carbocycles. The first kappa shape index (κ1) is 17.2. The van der Waals surface area contributed by atoms with Crippen LogP contribution in [-0.2, 0) is 9.59 Å². The third kappa shape index (κ3) is 6.40. The summed E-state index contributed by atoms with van der Waals surface area (Å²) in [5.74, 6) is -1.04. The number of carbonyl (C=O) groups excluding carboxylic acids is 1. The third-order valence-corrected chi connectivity index (χ3v) is 2.97. The molecule has 0 radical (unpaired) electrons. The van der Waals surface area contributed by atoms with E-state index in [1.165, 1.54) is 4.90 Å². The van der Waals surface area contributed by atoms with Gasteiger partial charge in [0.2, 0.25) is 5.91 Å². The van der Waals surface area contributed by atoms with E-state index in [1.54, 1.807) is 0 Å². The van der Waals surface area contributed by atoms with Gasteiger partial charge in [0.25, 0.3) is 0 Å². The maximum atomic E-state index is 12.4. The van der Waals surface area contributed by atoms with Crippen LogP contribution in [0.2, 0.25) is 0 Å². The van der Waals surface area contributed by atoms with E-state index in [2.05, 4.69) is 5.32 Å². The summed E-state index contributed by atoms with van der Waals surface area (Å²) in [7, 11) is 0. The molecule has 0 aliphatic rings. The number of carbonyl (C=O) groups is 2. The van der Waals surface area contributed by atoms with Crippen molar-refractivity contribution in [1.29, 1.82) is 0 Å². The summed E-state index contributed by atoms with van der Waals surface area (Å²) in [6.45, 7) is 8.25. The number of anilines is 1. The van der Waals surface area contributed by atoms with Gasteiger partial charge >= 0.3 is 5.97 Å². The van der Waals surface area contributed by atoms with Crippen molar-refractivity contribution in [1.82, 2.24) is 5.32 Å². The molecule has 1 amide bonds. The molecule has 0 aliphatic heterocycles. The van der Waals surface area contributed by atoms with Gasteiger partial charge in [-0.15, -0.1) is 0 Å². The normalized spacial score (nSPS) is 11.2. The summed E-state index contributed by atoms with van der Waals surface area (Å²) in [6, 6.07) is 7.50. The van der Waals surface area contributed by atoms with E-state index < -0.39 is 5.97 Å². The van der Waals surface area contributed by atoms with Gasteiger partial charge in [-0.2, -0.15) is 0 Å². The minimum Gasteiger partial charge on any atom is -0.481 e. The molecule has 0 saturated heterocycles. The summed E-state index contributed by atoms with van der Waals surface area (Å²) in [5, 5.41) is 12.0. The van der Waals surface area contributed by atoms with E-state index in [9.17, 15) is 9.59 Å². The Labute approximate surface area is 126 Å². The fourth-order valence-corrected chi connectivity index (χ4v) is 1.77. The minimum atomic E-state index is -0.913. The van der Waals surface area contributed by atoms with Crippen LogP contribution in [0.4, 0.5) is 5.69 Å². The first-order chi connectivity index (χ1) is 9.69. The van der Waals surface area contributed by atoms with Crippen LogP contribution in [0.15, 0.2) is 24.3 Å². The zero-order valence-electron chi connectivity index (χ0n) is 13.1. The molecule has 116 valence electrons. The van der Waals surface area contributed by atoms with Crippen LogP contribution >= 0.6 is 0 Å². The third-order valence-electron chi connectivity index (χ3n) is 2.97. The van der Waals surface area contributed by atoms with Crippen molar-refractivity contribution in [2.45, 2.75) is 39.7 Å². The molecule has 21 heavy (non-hydrogen) atoms.